The Labute approximate surface area is 145 Å². The van der Waals surface area contributed by atoms with Crippen LogP contribution in [0.4, 0.5) is 0 Å². The molecule has 2 heterocycles. The van der Waals surface area contributed by atoms with Crippen LogP contribution in [0, 0.1) is 5.92 Å². The van der Waals surface area contributed by atoms with Crippen molar-refractivity contribution >= 4 is 5.71 Å². The maximum Gasteiger partial charge on any atom is 0.119 e. The predicted molar refractivity (Wildman–Crippen MR) is 97.8 cm³/mol. The molecule has 0 bridgehead atoms. The van der Waals surface area contributed by atoms with Crippen LogP contribution in [0.2, 0.25) is 0 Å². The summed E-state index contributed by atoms with van der Waals surface area (Å²) in [5, 5.41) is 4.57. The second-order valence-corrected chi connectivity index (χ2v) is 7.48. The smallest absolute Gasteiger partial charge is 0.119 e. The van der Waals surface area contributed by atoms with Crippen LogP contribution in [0.1, 0.15) is 50.2 Å². The first-order valence-electron chi connectivity index (χ1n) is 9.62. The fraction of sp³-hybridized carbons (Fsp3) is 0.650. The molecule has 4 rings (SSSR count). The fourth-order valence-corrected chi connectivity index (χ4v) is 4.40. The molecule has 0 amide bonds. The van der Waals surface area contributed by atoms with Gasteiger partial charge in [-0.05, 0) is 75.8 Å². The molecule has 0 spiro atoms. The van der Waals surface area contributed by atoms with Gasteiger partial charge in [-0.25, -0.2) is 0 Å². The lowest BCUT2D eigenvalue weighted by Crippen LogP contribution is -2.32. The largest absolute Gasteiger partial charge is 0.494 e. The minimum Gasteiger partial charge on any atom is -0.494 e. The van der Waals surface area contributed by atoms with Gasteiger partial charge in [-0.3, -0.25) is 0 Å². The van der Waals surface area contributed by atoms with Gasteiger partial charge in [0.15, 0.2) is 0 Å². The summed E-state index contributed by atoms with van der Waals surface area (Å²) in [7, 11) is 0. The molecule has 0 radical (unpaired) electrons. The van der Waals surface area contributed by atoms with Gasteiger partial charge in [-0.1, -0.05) is 0 Å². The highest BCUT2D eigenvalue weighted by atomic mass is 16.5. The Kier molecular flexibility index (Phi) is 4.74. The quantitative estimate of drug-likeness (QED) is 0.844. The van der Waals surface area contributed by atoms with Gasteiger partial charge in [0.2, 0.25) is 0 Å². The topological polar surface area (TPSA) is 36.9 Å². The summed E-state index contributed by atoms with van der Waals surface area (Å²) < 4.78 is 6.02. The first-order valence-corrected chi connectivity index (χ1v) is 9.62. The van der Waals surface area contributed by atoms with Crippen molar-refractivity contribution in [2.75, 3.05) is 26.2 Å². The molecule has 4 heteroatoms. The number of benzene rings is 1. The number of nitrogens with one attached hydrogen (secondary N) is 1. The molecule has 1 aromatic rings. The Morgan fingerprint density at radius 2 is 2.25 bits per heavy atom. The molecule has 1 N–H and O–H groups in total. The van der Waals surface area contributed by atoms with E-state index in [1.807, 2.05) is 0 Å². The van der Waals surface area contributed by atoms with E-state index in [2.05, 4.69) is 40.5 Å². The summed E-state index contributed by atoms with van der Waals surface area (Å²) in [5.41, 5.74) is 7.16. The highest BCUT2D eigenvalue weighted by Gasteiger charge is 2.27. The molecule has 1 aliphatic carbocycles. The van der Waals surface area contributed by atoms with Crippen molar-refractivity contribution in [3.63, 3.8) is 0 Å². The van der Waals surface area contributed by atoms with Gasteiger partial charge in [0, 0.05) is 30.6 Å². The lowest BCUT2D eigenvalue weighted by atomic mass is 9.80. The van der Waals surface area contributed by atoms with Crippen LogP contribution in [0.5, 0.6) is 5.75 Å². The Hall–Kier alpha value is -1.55. The van der Waals surface area contributed by atoms with Crippen LogP contribution in [-0.2, 0) is 6.42 Å². The van der Waals surface area contributed by atoms with E-state index in [0.717, 1.165) is 44.3 Å². The molecule has 0 saturated carbocycles. The lowest BCUT2D eigenvalue weighted by molar-refractivity contribution is 0.230. The van der Waals surface area contributed by atoms with Gasteiger partial charge < -0.3 is 15.1 Å². The van der Waals surface area contributed by atoms with Gasteiger partial charge in [0.1, 0.15) is 5.75 Å². The summed E-state index contributed by atoms with van der Waals surface area (Å²) in [5.74, 6) is 1.67. The highest BCUT2D eigenvalue weighted by molar-refractivity contribution is 6.04. The zero-order chi connectivity index (χ0) is 16.4. The minimum absolute atomic E-state index is 0.646. The van der Waals surface area contributed by atoms with E-state index in [9.17, 15) is 0 Å². The van der Waals surface area contributed by atoms with Crippen LogP contribution in [0.25, 0.3) is 0 Å². The van der Waals surface area contributed by atoms with E-state index in [1.165, 1.54) is 49.1 Å². The number of rotatable bonds is 5. The Bertz CT molecular complexity index is 613. The van der Waals surface area contributed by atoms with Gasteiger partial charge in [0.05, 0.1) is 12.3 Å². The number of fused-ring (bicyclic) bond motifs is 3. The second-order valence-electron chi connectivity index (χ2n) is 7.48. The maximum absolute atomic E-state index is 6.02. The molecule has 2 aliphatic heterocycles. The van der Waals surface area contributed by atoms with Gasteiger partial charge in [-0.2, -0.15) is 5.10 Å². The van der Waals surface area contributed by atoms with Gasteiger partial charge >= 0.3 is 0 Å². The summed E-state index contributed by atoms with van der Waals surface area (Å²) >= 11 is 0. The van der Waals surface area contributed by atoms with Crippen molar-refractivity contribution in [1.82, 2.24) is 10.3 Å². The molecule has 24 heavy (non-hydrogen) atoms. The Morgan fingerprint density at radius 1 is 1.29 bits per heavy atom. The molecule has 3 aliphatic rings. The van der Waals surface area contributed by atoms with Crippen LogP contribution >= 0.6 is 0 Å². The van der Waals surface area contributed by atoms with Gasteiger partial charge in [-0.15, -0.1) is 0 Å². The second kappa shape index (κ2) is 7.14. The number of likely N-dealkylation sites (tertiary alicyclic amines) is 1. The third kappa shape index (κ3) is 3.30. The van der Waals surface area contributed by atoms with Crippen LogP contribution in [-0.4, -0.2) is 42.9 Å². The van der Waals surface area contributed by atoms with Crippen LogP contribution in [0.15, 0.2) is 23.3 Å². The lowest BCUT2D eigenvalue weighted by Gasteiger charge is -2.30. The van der Waals surface area contributed by atoms with Crippen molar-refractivity contribution < 1.29 is 4.74 Å². The molecule has 4 nitrogen and oxygen atoms in total. The summed E-state index contributed by atoms with van der Waals surface area (Å²) in [6.45, 7) is 6.59. The first-order chi connectivity index (χ1) is 11.8. The van der Waals surface area contributed by atoms with E-state index < -0.39 is 0 Å². The third-order valence-corrected chi connectivity index (χ3v) is 5.85. The molecular weight excluding hydrogens is 298 g/mol. The molecule has 1 saturated heterocycles. The standard InChI is InChI=1S/C20H29N3O/c1-15-4-2-11-23(15)12-3-13-24-18-7-8-19-17(14-18)6-5-16-9-10-21-22-20(16)19/h7-8,14-16,21H,2-6,9-13H2,1H3. The summed E-state index contributed by atoms with van der Waals surface area (Å²) in [6.07, 6.45) is 7.41. The van der Waals surface area contributed by atoms with Crippen molar-refractivity contribution in [1.29, 1.82) is 0 Å². The van der Waals surface area contributed by atoms with Gasteiger partial charge in [0.25, 0.3) is 0 Å². The number of hydrogen-bond donors (Lipinski definition) is 1. The third-order valence-electron chi connectivity index (χ3n) is 5.85. The van der Waals surface area contributed by atoms with E-state index in [-0.39, 0.29) is 0 Å². The Morgan fingerprint density at radius 3 is 3.12 bits per heavy atom. The van der Waals surface area contributed by atoms with Crippen molar-refractivity contribution in [3.8, 4) is 5.75 Å². The molecule has 2 unspecified atom stereocenters. The van der Waals surface area contributed by atoms with Crippen LogP contribution < -0.4 is 10.2 Å². The normalized spacial score (nSPS) is 26.3. The van der Waals surface area contributed by atoms with E-state index in [4.69, 9.17) is 4.74 Å². The van der Waals surface area contributed by atoms with E-state index in [0.29, 0.717) is 5.92 Å². The molecule has 0 aromatic heterocycles. The molecule has 1 fully saturated rings. The predicted octanol–water partition coefficient (Wildman–Crippen LogP) is 3.20. The fourth-order valence-electron chi connectivity index (χ4n) is 4.40. The SMILES string of the molecule is CC1CCCN1CCCOc1ccc2c(c1)CCC1CCNN=C21. The van der Waals surface area contributed by atoms with Crippen LogP contribution in [0.3, 0.4) is 0 Å². The number of hydrazone groups is 1. The average molecular weight is 327 g/mol. The average Bonchev–Trinajstić information content (AvgIpc) is 3.03. The molecule has 2 atom stereocenters. The van der Waals surface area contributed by atoms with Crippen molar-refractivity contribution in [3.05, 3.63) is 29.3 Å². The minimum atomic E-state index is 0.646. The number of hydrogen-bond acceptors (Lipinski definition) is 4. The van der Waals surface area contributed by atoms with Crippen molar-refractivity contribution in [2.24, 2.45) is 11.0 Å². The zero-order valence-electron chi connectivity index (χ0n) is 14.8. The number of nitrogens with zero attached hydrogens (tertiary/aromatic N) is 2. The summed E-state index contributed by atoms with van der Waals surface area (Å²) in [6, 6.07) is 7.33. The Balaban J connectivity index is 1.33. The number of aryl methyl sites for hydroxylation is 1. The zero-order valence-corrected chi connectivity index (χ0v) is 14.8. The molecule has 1 aromatic carbocycles. The number of ether oxygens (including phenoxy) is 1. The monoisotopic (exact) mass is 327 g/mol. The highest BCUT2D eigenvalue weighted by Crippen LogP contribution is 2.31. The van der Waals surface area contributed by atoms with E-state index in [1.54, 1.807) is 0 Å². The maximum atomic E-state index is 6.02. The molecular formula is C20H29N3O. The van der Waals surface area contributed by atoms with E-state index >= 15 is 0 Å². The molecule has 130 valence electrons. The summed E-state index contributed by atoms with van der Waals surface area (Å²) in [4.78, 5) is 2.59. The first kappa shape index (κ1) is 15.9. The van der Waals surface area contributed by atoms with Crippen molar-refractivity contribution in [2.45, 2.75) is 51.5 Å².